The van der Waals surface area contributed by atoms with E-state index in [0.717, 1.165) is 0 Å². The first-order valence-corrected chi connectivity index (χ1v) is 2.90. The second-order valence-corrected chi connectivity index (χ2v) is 2.34. The Labute approximate surface area is 55.6 Å². The first-order valence-electron chi connectivity index (χ1n) is 1.99. The van der Waals surface area contributed by atoms with Crippen molar-refractivity contribution in [2.75, 3.05) is 0 Å². The Kier molecular flexibility index (Phi) is 3.20. The van der Waals surface area contributed by atoms with Crippen molar-refractivity contribution in [2.45, 2.75) is 11.2 Å². The summed E-state index contributed by atoms with van der Waals surface area (Å²) >= 11 is 2.91. The number of nitrogens with two attached hydrogens (primary N) is 1. The Morgan fingerprint density at radius 3 is 2.62 bits per heavy atom. The van der Waals surface area contributed by atoms with Gasteiger partial charge in [-0.05, 0) is 0 Å². The van der Waals surface area contributed by atoms with Crippen molar-refractivity contribution in [3.63, 3.8) is 0 Å². The van der Waals surface area contributed by atoms with Crippen LogP contribution in [0.5, 0.6) is 0 Å². The number of rotatable bonds is 2. The van der Waals surface area contributed by atoms with Crippen molar-refractivity contribution < 1.29 is 4.79 Å². The zero-order valence-electron chi connectivity index (χ0n) is 4.10. The van der Waals surface area contributed by atoms with Crippen molar-refractivity contribution in [1.29, 1.82) is 5.26 Å². The molecule has 0 saturated heterocycles. The number of hydrogen-bond acceptors (Lipinski definition) is 2. The van der Waals surface area contributed by atoms with Crippen LogP contribution in [-0.2, 0) is 4.79 Å². The predicted octanol–water partition coefficient (Wildman–Crippen LogP) is 0.149. The van der Waals surface area contributed by atoms with Crippen LogP contribution >= 0.6 is 15.9 Å². The normalized spacial score (nSPS) is 12.0. The van der Waals surface area contributed by atoms with E-state index in [-0.39, 0.29) is 6.42 Å². The van der Waals surface area contributed by atoms with E-state index >= 15 is 0 Å². The van der Waals surface area contributed by atoms with Gasteiger partial charge in [0.1, 0.15) is 4.83 Å². The number of alkyl halides is 1. The van der Waals surface area contributed by atoms with Crippen molar-refractivity contribution in [1.82, 2.24) is 0 Å². The molecule has 0 aromatic heterocycles. The summed E-state index contributed by atoms with van der Waals surface area (Å²) in [6.45, 7) is 0. The van der Waals surface area contributed by atoms with Gasteiger partial charge in [0.2, 0.25) is 5.91 Å². The van der Waals surface area contributed by atoms with Crippen LogP contribution in [0.25, 0.3) is 0 Å². The van der Waals surface area contributed by atoms with Crippen molar-refractivity contribution in [3.8, 4) is 6.07 Å². The van der Waals surface area contributed by atoms with Gasteiger partial charge in [-0.15, -0.1) is 0 Å². The Morgan fingerprint density at radius 2 is 2.50 bits per heavy atom. The fourth-order valence-corrected chi connectivity index (χ4v) is 0.326. The lowest BCUT2D eigenvalue weighted by atomic mass is 10.3. The molecule has 0 aromatic rings. The topological polar surface area (TPSA) is 66.9 Å². The largest absolute Gasteiger partial charge is 0.369 e. The number of nitrogens with zero attached hydrogens (tertiary/aromatic N) is 1. The predicted molar refractivity (Wildman–Crippen MR) is 32.1 cm³/mol. The molecule has 1 atom stereocenters. The molecule has 0 spiro atoms. The third-order valence-electron chi connectivity index (χ3n) is 0.579. The van der Waals surface area contributed by atoms with E-state index in [1.165, 1.54) is 0 Å². The Balaban J connectivity index is 3.52. The minimum atomic E-state index is -0.494. The van der Waals surface area contributed by atoms with E-state index in [0.29, 0.717) is 0 Å². The molecule has 0 saturated carbocycles. The molecule has 4 heteroatoms. The molecular weight excluding hydrogens is 172 g/mol. The van der Waals surface area contributed by atoms with Crippen LogP contribution in [0, 0.1) is 11.3 Å². The second kappa shape index (κ2) is 3.44. The number of amides is 1. The molecule has 44 valence electrons. The Morgan fingerprint density at radius 1 is 2.00 bits per heavy atom. The summed E-state index contributed by atoms with van der Waals surface area (Å²) in [6.07, 6.45) is 0.134. The molecule has 0 rings (SSSR count). The van der Waals surface area contributed by atoms with Gasteiger partial charge < -0.3 is 5.73 Å². The molecule has 8 heavy (non-hydrogen) atoms. The van der Waals surface area contributed by atoms with Crippen molar-refractivity contribution in [3.05, 3.63) is 0 Å². The molecule has 1 unspecified atom stereocenters. The monoisotopic (exact) mass is 176 g/mol. The highest BCUT2D eigenvalue weighted by molar-refractivity contribution is 9.10. The summed E-state index contributed by atoms with van der Waals surface area (Å²) in [5.41, 5.74) is 4.79. The van der Waals surface area contributed by atoms with Gasteiger partial charge >= 0.3 is 0 Å². The Hall–Kier alpha value is -0.560. The zero-order valence-corrected chi connectivity index (χ0v) is 5.68. The van der Waals surface area contributed by atoms with Crippen LogP contribution in [0.15, 0.2) is 0 Å². The van der Waals surface area contributed by atoms with E-state index in [1.54, 1.807) is 6.07 Å². The average Bonchev–Trinajstić information content (AvgIpc) is 1.67. The first-order chi connectivity index (χ1) is 3.68. The van der Waals surface area contributed by atoms with Gasteiger partial charge in [-0.1, -0.05) is 15.9 Å². The van der Waals surface area contributed by atoms with Gasteiger partial charge in [-0.2, -0.15) is 5.26 Å². The fraction of sp³-hybridized carbons (Fsp3) is 0.500. The molecule has 0 aromatic carbocycles. The summed E-state index contributed by atoms with van der Waals surface area (Å²) < 4.78 is 0. The lowest BCUT2D eigenvalue weighted by Crippen LogP contribution is -2.22. The van der Waals surface area contributed by atoms with Crippen molar-refractivity contribution >= 4 is 21.8 Å². The molecule has 0 radical (unpaired) electrons. The standard InChI is InChI=1S/C4H5BrN2O/c5-3(1-2-6)4(7)8/h3H,1H2,(H2,7,8). The van der Waals surface area contributed by atoms with Gasteiger partial charge in [-0.25, -0.2) is 0 Å². The SMILES string of the molecule is N#CCC(Br)C(N)=O. The van der Waals surface area contributed by atoms with Gasteiger partial charge in [-0.3, -0.25) is 4.79 Å². The second-order valence-electron chi connectivity index (χ2n) is 1.23. The molecule has 0 aliphatic rings. The molecule has 0 fully saturated rings. The van der Waals surface area contributed by atoms with E-state index in [9.17, 15) is 4.79 Å². The van der Waals surface area contributed by atoms with Gasteiger partial charge in [0, 0.05) is 0 Å². The van der Waals surface area contributed by atoms with Crippen molar-refractivity contribution in [2.24, 2.45) is 5.73 Å². The zero-order chi connectivity index (χ0) is 6.57. The molecule has 0 aliphatic heterocycles. The number of primary amides is 1. The lowest BCUT2D eigenvalue weighted by Gasteiger charge is -1.94. The fourth-order valence-electron chi connectivity index (χ4n) is 0.181. The van der Waals surface area contributed by atoms with E-state index in [4.69, 9.17) is 11.0 Å². The van der Waals surface area contributed by atoms with E-state index in [2.05, 4.69) is 15.9 Å². The van der Waals surface area contributed by atoms with Crippen LogP contribution in [0.1, 0.15) is 6.42 Å². The molecular formula is C4H5BrN2O. The van der Waals surface area contributed by atoms with Crippen LogP contribution < -0.4 is 5.73 Å². The first kappa shape index (κ1) is 7.44. The van der Waals surface area contributed by atoms with Crippen LogP contribution in [0.3, 0.4) is 0 Å². The maximum Gasteiger partial charge on any atom is 0.232 e. The number of nitriles is 1. The third kappa shape index (κ3) is 2.59. The quantitative estimate of drug-likeness (QED) is 0.610. The molecule has 1 amide bonds. The van der Waals surface area contributed by atoms with Crippen LogP contribution in [0.2, 0.25) is 0 Å². The van der Waals surface area contributed by atoms with Crippen LogP contribution in [-0.4, -0.2) is 10.7 Å². The van der Waals surface area contributed by atoms with Gasteiger partial charge in [0.05, 0.1) is 12.5 Å². The van der Waals surface area contributed by atoms with Gasteiger partial charge in [0.15, 0.2) is 0 Å². The smallest absolute Gasteiger partial charge is 0.232 e. The Bertz CT molecular complexity index is 128. The van der Waals surface area contributed by atoms with Gasteiger partial charge in [0.25, 0.3) is 0 Å². The lowest BCUT2D eigenvalue weighted by molar-refractivity contribution is -0.117. The van der Waals surface area contributed by atoms with E-state index < -0.39 is 10.7 Å². The highest BCUT2D eigenvalue weighted by Gasteiger charge is 2.07. The molecule has 2 N–H and O–H groups in total. The average molecular weight is 177 g/mol. The highest BCUT2D eigenvalue weighted by atomic mass is 79.9. The maximum absolute atomic E-state index is 10.1. The summed E-state index contributed by atoms with van der Waals surface area (Å²) in [6, 6.07) is 1.80. The third-order valence-corrected chi connectivity index (χ3v) is 1.35. The maximum atomic E-state index is 10.1. The molecule has 3 nitrogen and oxygen atoms in total. The molecule has 0 bridgehead atoms. The minimum Gasteiger partial charge on any atom is -0.369 e. The van der Waals surface area contributed by atoms with Crippen LogP contribution in [0.4, 0.5) is 0 Å². The number of carbonyl (C=O) groups excluding carboxylic acids is 1. The summed E-state index contributed by atoms with van der Waals surface area (Å²) in [5, 5.41) is 8.00. The molecule has 0 aliphatic carbocycles. The molecule has 0 heterocycles. The highest BCUT2D eigenvalue weighted by Crippen LogP contribution is 2.01. The summed E-state index contributed by atoms with van der Waals surface area (Å²) in [7, 11) is 0. The minimum absolute atomic E-state index is 0.134. The van der Waals surface area contributed by atoms with E-state index in [1.807, 2.05) is 0 Å². The number of halogens is 1. The summed E-state index contributed by atoms with van der Waals surface area (Å²) in [4.78, 5) is 9.62. The summed E-state index contributed by atoms with van der Waals surface area (Å²) in [5.74, 6) is -0.494. The number of hydrogen-bond donors (Lipinski definition) is 1. The number of carbonyl (C=O) groups is 1.